The zero-order chi connectivity index (χ0) is 15.9. The van der Waals surface area contributed by atoms with Crippen molar-refractivity contribution in [1.82, 2.24) is 14.8 Å². The number of thiophene rings is 1. The Balaban J connectivity index is 2.16. The molecule has 0 spiro atoms. The number of benzene rings is 1. The van der Waals surface area contributed by atoms with Crippen LogP contribution < -0.4 is 10.4 Å². The Labute approximate surface area is 143 Å². The van der Waals surface area contributed by atoms with Gasteiger partial charge in [0.05, 0.1) is 15.8 Å². The lowest BCUT2D eigenvalue weighted by Gasteiger charge is -2.09. The first-order valence-corrected chi connectivity index (χ1v) is 8.28. The lowest BCUT2D eigenvalue weighted by molar-refractivity contribution is 0.411. The van der Waals surface area contributed by atoms with Crippen LogP contribution in [0, 0.1) is 6.92 Å². The van der Waals surface area contributed by atoms with Crippen molar-refractivity contribution in [3.63, 3.8) is 0 Å². The SMILES string of the molecule is COc1cc(C)c(Cl)cc1-n1nc(-c2ccc(Br)s2)[nH]c1=O. The first kappa shape index (κ1) is 15.3. The molecule has 8 heteroatoms. The third-order valence-corrected chi connectivity index (χ3v) is 5.15. The van der Waals surface area contributed by atoms with Crippen molar-refractivity contribution in [2.45, 2.75) is 6.92 Å². The van der Waals surface area contributed by atoms with Gasteiger partial charge < -0.3 is 4.74 Å². The normalized spacial score (nSPS) is 10.9. The van der Waals surface area contributed by atoms with E-state index in [4.69, 9.17) is 16.3 Å². The predicted molar refractivity (Wildman–Crippen MR) is 91.5 cm³/mol. The van der Waals surface area contributed by atoms with E-state index >= 15 is 0 Å². The van der Waals surface area contributed by atoms with Crippen LogP contribution in [0.4, 0.5) is 0 Å². The molecule has 0 saturated carbocycles. The molecule has 22 heavy (non-hydrogen) atoms. The Morgan fingerprint density at radius 3 is 2.82 bits per heavy atom. The molecule has 1 aromatic carbocycles. The minimum absolute atomic E-state index is 0.349. The Morgan fingerprint density at radius 1 is 1.41 bits per heavy atom. The fraction of sp³-hybridized carbons (Fsp3) is 0.143. The van der Waals surface area contributed by atoms with Gasteiger partial charge in [-0.05, 0) is 52.7 Å². The average Bonchev–Trinajstić information content (AvgIpc) is 3.07. The summed E-state index contributed by atoms with van der Waals surface area (Å²) in [6.45, 7) is 1.87. The molecule has 0 fully saturated rings. The van der Waals surface area contributed by atoms with Gasteiger partial charge in [0.25, 0.3) is 0 Å². The summed E-state index contributed by atoms with van der Waals surface area (Å²) in [5.41, 5.74) is 1.02. The maximum atomic E-state index is 12.2. The van der Waals surface area contributed by atoms with Crippen LogP contribution >= 0.6 is 38.9 Å². The van der Waals surface area contributed by atoms with E-state index in [1.807, 2.05) is 19.1 Å². The Kier molecular flexibility index (Phi) is 4.12. The highest BCUT2D eigenvalue weighted by atomic mass is 79.9. The van der Waals surface area contributed by atoms with E-state index < -0.39 is 0 Å². The minimum Gasteiger partial charge on any atom is -0.494 e. The van der Waals surface area contributed by atoms with E-state index in [0.717, 1.165) is 14.2 Å². The molecule has 0 atom stereocenters. The summed E-state index contributed by atoms with van der Waals surface area (Å²) in [6, 6.07) is 7.24. The quantitative estimate of drug-likeness (QED) is 0.722. The van der Waals surface area contributed by atoms with Crippen LogP contribution in [0.15, 0.2) is 32.8 Å². The van der Waals surface area contributed by atoms with Crippen LogP contribution in [0.5, 0.6) is 5.75 Å². The number of nitrogens with one attached hydrogen (secondary N) is 1. The summed E-state index contributed by atoms with van der Waals surface area (Å²) in [6.07, 6.45) is 0. The van der Waals surface area contributed by atoms with Crippen molar-refractivity contribution in [3.05, 3.63) is 49.1 Å². The lowest BCUT2D eigenvalue weighted by atomic mass is 10.2. The molecule has 5 nitrogen and oxygen atoms in total. The molecule has 0 radical (unpaired) electrons. The molecule has 3 aromatic rings. The second-order valence-electron chi connectivity index (χ2n) is 4.57. The van der Waals surface area contributed by atoms with Gasteiger partial charge in [-0.25, -0.2) is 4.79 Å². The number of H-pyrrole nitrogens is 1. The average molecular weight is 401 g/mol. The van der Waals surface area contributed by atoms with Gasteiger partial charge in [-0.3, -0.25) is 4.98 Å². The summed E-state index contributed by atoms with van der Waals surface area (Å²) in [4.78, 5) is 15.8. The zero-order valence-corrected chi connectivity index (χ0v) is 14.8. The van der Waals surface area contributed by atoms with E-state index in [1.165, 1.54) is 16.0 Å². The van der Waals surface area contributed by atoms with Gasteiger partial charge in [-0.1, -0.05) is 11.6 Å². The first-order chi connectivity index (χ1) is 10.5. The highest BCUT2D eigenvalue weighted by Gasteiger charge is 2.15. The Morgan fingerprint density at radius 2 is 2.18 bits per heavy atom. The predicted octanol–water partition coefficient (Wildman–Crippen LogP) is 4.02. The fourth-order valence-electron chi connectivity index (χ4n) is 2.01. The third kappa shape index (κ3) is 2.71. The zero-order valence-electron chi connectivity index (χ0n) is 11.7. The fourth-order valence-corrected chi connectivity index (χ4v) is 3.50. The molecular formula is C14H11BrClN3O2S. The largest absolute Gasteiger partial charge is 0.494 e. The molecule has 114 valence electrons. The summed E-state index contributed by atoms with van der Waals surface area (Å²) >= 11 is 11.0. The van der Waals surface area contributed by atoms with Crippen LogP contribution in [0.3, 0.4) is 0 Å². The molecule has 3 rings (SSSR count). The molecular weight excluding hydrogens is 390 g/mol. The molecule has 0 amide bonds. The molecule has 1 N–H and O–H groups in total. The van der Waals surface area contributed by atoms with Gasteiger partial charge in [-0.2, -0.15) is 4.68 Å². The van der Waals surface area contributed by atoms with Gasteiger partial charge in [0.2, 0.25) is 0 Å². The van der Waals surface area contributed by atoms with Crippen LogP contribution in [0.2, 0.25) is 5.02 Å². The molecule has 2 heterocycles. The standard InChI is InChI=1S/C14H11BrClN3O2S/c1-7-5-10(21-2)9(6-8(7)16)19-14(20)17-13(18-19)11-3-4-12(15)22-11/h3-6H,1-2H3,(H,17,18,20). The van der Waals surface area contributed by atoms with Crippen LogP contribution in [-0.4, -0.2) is 21.9 Å². The van der Waals surface area contributed by atoms with Gasteiger partial charge >= 0.3 is 5.69 Å². The topological polar surface area (TPSA) is 59.9 Å². The number of aromatic amines is 1. The number of hydrogen-bond donors (Lipinski definition) is 1. The maximum Gasteiger partial charge on any atom is 0.348 e. The second-order valence-corrected chi connectivity index (χ2v) is 7.44. The summed E-state index contributed by atoms with van der Waals surface area (Å²) < 4.78 is 7.56. The van der Waals surface area contributed by atoms with Crippen molar-refractivity contribution in [3.8, 4) is 22.1 Å². The first-order valence-electron chi connectivity index (χ1n) is 6.29. The Bertz CT molecular complexity index is 900. The van der Waals surface area contributed by atoms with Crippen molar-refractivity contribution in [1.29, 1.82) is 0 Å². The number of nitrogens with zero attached hydrogens (tertiary/aromatic N) is 2. The number of methoxy groups -OCH3 is 1. The minimum atomic E-state index is -0.349. The number of ether oxygens (including phenoxy) is 1. The van der Waals surface area contributed by atoms with Gasteiger partial charge in [0, 0.05) is 5.02 Å². The van der Waals surface area contributed by atoms with Crippen LogP contribution in [0.1, 0.15) is 5.56 Å². The highest BCUT2D eigenvalue weighted by Crippen LogP contribution is 2.31. The molecule has 0 aliphatic rings. The smallest absolute Gasteiger partial charge is 0.348 e. The number of halogens is 2. The molecule has 0 unspecified atom stereocenters. The van der Waals surface area contributed by atoms with E-state index in [2.05, 4.69) is 26.0 Å². The molecule has 0 saturated heterocycles. The summed E-state index contributed by atoms with van der Waals surface area (Å²) in [5, 5.41) is 4.89. The van der Waals surface area contributed by atoms with Gasteiger partial charge in [0.1, 0.15) is 11.4 Å². The highest BCUT2D eigenvalue weighted by molar-refractivity contribution is 9.11. The van der Waals surface area contributed by atoms with E-state index in [0.29, 0.717) is 22.3 Å². The monoisotopic (exact) mass is 399 g/mol. The molecule has 0 aliphatic heterocycles. The van der Waals surface area contributed by atoms with E-state index in [1.54, 1.807) is 19.2 Å². The van der Waals surface area contributed by atoms with Crippen molar-refractivity contribution in [2.24, 2.45) is 0 Å². The number of aryl methyl sites for hydroxylation is 1. The van der Waals surface area contributed by atoms with Crippen LogP contribution in [0.25, 0.3) is 16.4 Å². The maximum absolute atomic E-state index is 12.2. The van der Waals surface area contributed by atoms with Gasteiger partial charge in [0.15, 0.2) is 5.82 Å². The molecule has 0 aliphatic carbocycles. The number of hydrogen-bond acceptors (Lipinski definition) is 4. The Hall–Kier alpha value is -1.57. The number of aromatic nitrogens is 3. The van der Waals surface area contributed by atoms with E-state index in [9.17, 15) is 4.79 Å². The molecule has 2 aromatic heterocycles. The third-order valence-electron chi connectivity index (χ3n) is 3.11. The molecule has 0 bridgehead atoms. The van der Waals surface area contributed by atoms with Crippen molar-refractivity contribution >= 4 is 38.9 Å². The van der Waals surface area contributed by atoms with Crippen LogP contribution in [-0.2, 0) is 0 Å². The number of rotatable bonds is 3. The van der Waals surface area contributed by atoms with Crippen molar-refractivity contribution in [2.75, 3.05) is 7.11 Å². The lowest BCUT2D eigenvalue weighted by Crippen LogP contribution is -2.16. The summed E-state index contributed by atoms with van der Waals surface area (Å²) in [7, 11) is 1.54. The van der Waals surface area contributed by atoms with Crippen molar-refractivity contribution < 1.29 is 4.74 Å². The van der Waals surface area contributed by atoms with E-state index in [-0.39, 0.29) is 5.69 Å². The second kappa shape index (κ2) is 5.91. The summed E-state index contributed by atoms with van der Waals surface area (Å²) in [5.74, 6) is 1.04. The van der Waals surface area contributed by atoms with Gasteiger partial charge in [-0.15, -0.1) is 16.4 Å².